The Labute approximate surface area is 123 Å². The summed E-state index contributed by atoms with van der Waals surface area (Å²) in [5.74, 6) is -1.20. The number of benzene rings is 1. The number of halogens is 2. The van der Waals surface area contributed by atoms with Gasteiger partial charge in [-0.05, 0) is 61.3 Å². The first-order valence-electron chi connectivity index (χ1n) is 6.92. The summed E-state index contributed by atoms with van der Waals surface area (Å²) in [6.07, 6.45) is 3.08. The van der Waals surface area contributed by atoms with Gasteiger partial charge in [0, 0.05) is 5.02 Å². The number of hydrogen-bond donors (Lipinski definition) is 1. The van der Waals surface area contributed by atoms with Gasteiger partial charge in [-0.3, -0.25) is 4.79 Å². The van der Waals surface area contributed by atoms with E-state index in [1.54, 1.807) is 6.07 Å². The van der Waals surface area contributed by atoms with Crippen molar-refractivity contribution in [3.8, 4) is 0 Å². The van der Waals surface area contributed by atoms with E-state index in [1.165, 1.54) is 12.1 Å². The molecule has 1 aromatic rings. The minimum atomic E-state index is -0.860. The van der Waals surface area contributed by atoms with Crippen molar-refractivity contribution < 1.29 is 14.3 Å². The maximum absolute atomic E-state index is 13.9. The van der Waals surface area contributed by atoms with Gasteiger partial charge < -0.3 is 5.11 Å². The summed E-state index contributed by atoms with van der Waals surface area (Å²) in [5, 5.41) is 10.1. The molecule has 1 aliphatic carbocycles. The molecule has 2 nitrogen and oxygen atoms in total. The van der Waals surface area contributed by atoms with E-state index in [-0.39, 0.29) is 17.7 Å². The summed E-state index contributed by atoms with van der Waals surface area (Å²) < 4.78 is 13.9. The molecule has 2 rings (SSSR count). The third kappa shape index (κ3) is 3.14. The van der Waals surface area contributed by atoms with Crippen molar-refractivity contribution in [3.05, 3.63) is 34.6 Å². The Kier molecular flexibility index (Phi) is 4.10. The topological polar surface area (TPSA) is 37.3 Å². The highest BCUT2D eigenvalue weighted by atomic mass is 35.5. The number of carboxylic acids is 1. The molecule has 0 radical (unpaired) electrons. The van der Waals surface area contributed by atoms with Crippen LogP contribution >= 0.6 is 11.6 Å². The SMILES string of the molecule is CC1(C)CCC(Cc2cc(Cl)ccc2F)(C(=O)O)CC1. The van der Waals surface area contributed by atoms with Crippen LogP contribution in [0.1, 0.15) is 45.1 Å². The minimum Gasteiger partial charge on any atom is -0.481 e. The lowest BCUT2D eigenvalue weighted by Gasteiger charge is -2.41. The van der Waals surface area contributed by atoms with Crippen molar-refractivity contribution in [1.29, 1.82) is 0 Å². The third-order valence-electron chi connectivity index (χ3n) is 4.55. The molecule has 1 fully saturated rings. The summed E-state index contributed by atoms with van der Waals surface area (Å²) in [6, 6.07) is 4.33. The molecule has 0 unspecified atom stereocenters. The molecule has 1 N–H and O–H groups in total. The van der Waals surface area contributed by atoms with Gasteiger partial charge in [-0.25, -0.2) is 4.39 Å². The third-order valence-corrected chi connectivity index (χ3v) is 4.79. The predicted octanol–water partition coefficient (Wildman–Crippen LogP) is 4.69. The standard InChI is InChI=1S/C16H20ClFO2/c1-15(2)5-7-16(8-6-15,14(19)20)10-11-9-12(17)3-4-13(11)18/h3-4,9H,5-8,10H2,1-2H3,(H,19,20). The molecule has 0 aliphatic heterocycles. The molecule has 1 saturated carbocycles. The highest BCUT2D eigenvalue weighted by Gasteiger charge is 2.44. The smallest absolute Gasteiger partial charge is 0.309 e. The molecule has 0 bridgehead atoms. The lowest BCUT2D eigenvalue weighted by molar-refractivity contribution is -0.152. The zero-order valence-corrected chi connectivity index (χ0v) is 12.6. The van der Waals surface area contributed by atoms with Crippen LogP contribution in [0.2, 0.25) is 5.02 Å². The molecular formula is C16H20ClFO2. The van der Waals surface area contributed by atoms with E-state index >= 15 is 0 Å². The van der Waals surface area contributed by atoms with E-state index < -0.39 is 11.4 Å². The fraction of sp³-hybridized carbons (Fsp3) is 0.562. The summed E-state index contributed by atoms with van der Waals surface area (Å²) in [5.41, 5.74) is -0.285. The van der Waals surface area contributed by atoms with Crippen LogP contribution in [0.4, 0.5) is 4.39 Å². The second kappa shape index (κ2) is 5.36. The van der Waals surface area contributed by atoms with Crippen molar-refractivity contribution in [2.45, 2.75) is 46.0 Å². The normalized spacial score (nSPS) is 20.6. The highest BCUT2D eigenvalue weighted by molar-refractivity contribution is 6.30. The maximum atomic E-state index is 13.9. The van der Waals surface area contributed by atoms with Gasteiger partial charge >= 0.3 is 5.97 Å². The molecule has 4 heteroatoms. The first kappa shape index (κ1) is 15.3. The van der Waals surface area contributed by atoms with Crippen LogP contribution < -0.4 is 0 Å². The molecule has 0 aromatic heterocycles. The Bertz CT molecular complexity index is 515. The van der Waals surface area contributed by atoms with Gasteiger partial charge in [0.2, 0.25) is 0 Å². The van der Waals surface area contributed by atoms with Crippen molar-refractivity contribution in [2.75, 3.05) is 0 Å². The fourth-order valence-electron chi connectivity index (χ4n) is 2.91. The summed E-state index contributed by atoms with van der Waals surface area (Å²) in [4.78, 5) is 11.7. The van der Waals surface area contributed by atoms with Crippen molar-refractivity contribution in [1.82, 2.24) is 0 Å². The van der Waals surface area contributed by atoms with Gasteiger partial charge in [0.25, 0.3) is 0 Å². The molecule has 0 saturated heterocycles. The molecule has 0 heterocycles. The van der Waals surface area contributed by atoms with Gasteiger partial charge in [-0.2, -0.15) is 0 Å². The average molecular weight is 299 g/mol. The average Bonchev–Trinajstić information content (AvgIpc) is 2.36. The van der Waals surface area contributed by atoms with E-state index in [0.717, 1.165) is 12.8 Å². The molecule has 20 heavy (non-hydrogen) atoms. The van der Waals surface area contributed by atoms with E-state index in [2.05, 4.69) is 13.8 Å². The molecule has 110 valence electrons. The van der Waals surface area contributed by atoms with Crippen LogP contribution in [0.15, 0.2) is 18.2 Å². The van der Waals surface area contributed by atoms with E-state index in [1.807, 2.05) is 0 Å². The Morgan fingerprint density at radius 1 is 1.30 bits per heavy atom. The Morgan fingerprint density at radius 3 is 2.45 bits per heavy atom. The van der Waals surface area contributed by atoms with Crippen molar-refractivity contribution in [2.24, 2.45) is 10.8 Å². The van der Waals surface area contributed by atoms with Crippen molar-refractivity contribution >= 4 is 17.6 Å². The number of carbonyl (C=O) groups is 1. The largest absolute Gasteiger partial charge is 0.481 e. The lowest BCUT2D eigenvalue weighted by Crippen LogP contribution is -2.39. The van der Waals surface area contributed by atoms with Crippen LogP contribution in [-0.2, 0) is 11.2 Å². The van der Waals surface area contributed by atoms with Crippen molar-refractivity contribution in [3.63, 3.8) is 0 Å². The van der Waals surface area contributed by atoms with Crippen LogP contribution in [0.5, 0.6) is 0 Å². The number of aliphatic carboxylic acids is 1. The molecular weight excluding hydrogens is 279 g/mol. The number of rotatable bonds is 3. The van der Waals surface area contributed by atoms with Gasteiger partial charge in [0.1, 0.15) is 5.82 Å². The second-order valence-corrected chi connectivity index (χ2v) is 7.10. The molecule has 1 aromatic carbocycles. The van der Waals surface area contributed by atoms with Gasteiger partial charge in [-0.15, -0.1) is 0 Å². The van der Waals surface area contributed by atoms with E-state index in [9.17, 15) is 14.3 Å². The Balaban J connectivity index is 2.27. The Hall–Kier alpha value is -1.09. The van der Waals surface area contributed by atoms with E-state index in [4.69, 9.17) is 11.6 Å². The number of hydrogen-bond acceptors (Lipinski definition) is 1. The van der Waals surface area contributed by atoms with Crippen LogP contribution in [0.25, 0.3) is 0 Å². The van der Waals surface area contributed by atoms with Gasteiger partial charge in [0.15, 0.2) is 0 Å². The highest BCUT2D eigenvalue weighted by Crippen LogP contribution is 2.47. The maximum Gasteiger partial charge on any atom is 0.309 e. The van der Waals surface area contributed by atoms with Gasteiger partial charge in [-0.1, -0.05) is 25.4 Å². The quantitative estimate of drug-likeness (QED) is 0.878. The van der Waals surface area contributed by atoms with E-state index in [0.29, 0.717) is 23.4 Å². The fourth-order valence-corrected chi connectivity index (χ4v) is 3.11. The monoisotopic (exact) mass is 298 g/mol. The first-order valence-corrected chi connectivity index (χ1v) is 7.29. The molecule has 0 spiro atoms. The first-order chi connectivity index (χ1) is 9.24. The molecule has 0 atom stereocenters. The molecule has 1 aliphatic rings. The number of carboxylic acid groups (broad SMARTS) is 1. The molecule has 0 amide bonds. The van der Waals surface area contributed by atoms with Crippen LogP contribution in [0, 0.1) is 16.6 Å². The summed E-state index contributed by atoms with van der Waals surface area (Å²) >= 11 is 5.89. The van der Waals surface area contributed by atoms with Crippen LogP contribution in [0.3, 0.4) is 0 Å². The predicted molar refractivity (Wildman–Crippen MR) is 77.4 cm³/mol. The summed E-state index contributed by atoms with van der Waals surface area (Å²) in [7, 11) is 0. The van der Waals surface area contributed by atoms with Gasteiger partial charge in [0.05, 0.1) is 5.41 Å². The zero-order chi connectivity index (χ0) is 15.0. The Morgan fingerprint density at radius 2 is 1.90 bits per heavy atom. The lowest BCUT2D eigenvalue weighted by atomic mass is 9.63. The zero-order valence-electron chi connectivity index (χ0n) is 11.9. The minimum absolute atomic E-state index is 0.172. The van der Waals surface area contributed by atoms with Crippen LogP contribution in [-0.4, -0.2) is 11.1 Å². The summed E-state index contributed by atoms with van der Waals surface area (Å²) in [6.45, 7) is 4.30. The second-order valence-electron chi connectivity index (χ2n) is 6.66.